The average molecular weight is 286 g/mol. The smallest absolute Gasteiger partial charge is 0.241 e. The summed E-state index contributed by atoms with van der Waals surface area (Å²) < 4.78 is 5.37. The van der Waals surface area contributed by atoms with Gasteiger partial charge in [0.1, 0.15) is 0 Å². The van der Waals surface area contributed by atoms with E-state index in [0.717, 1.165) is 25.1 Å². The first-order chi connectivity index (χ1) is 10.1. The Kier molecular flexibility index (Phi) is 4.03. The quantitative estimate of drug-likeness (QED) is 0.937. The molecule has 3 rings (SSSR count). The standard InChI is InChI=1S/C16H22N4O/c1-11-3-5-13(6-4-11)16-18-15(21-19-16)10-20-8-7-12(2)14(17)9-20/h3-6,12,14H,7-10,17H2,1-2H3. The third-order valence-corrected chi connectivity index (χ3v) is 4.24. The molecule has 0 radical (unpaired) electrons. The number of aromatic nitrogens is 2. The van der Waals surface area contributed by atoms with Gasteiger partial charge in [-0.15, -0.1) is 0 Å². The summed E-state index contributed by atoms with van der Waals surface area (Å²) in [6.07, 6.45) is 1.13. The molecule has 0 aliphatic carbocycles. The highest BCUT2D eigenvalue weighted by molar-refractivity contribution is 5.54. The number of likely N-dealkylation sites (tertiary alicyclic amines) is 1. The van der Waals surface area contributed by atoms with Crippen LogP contribution in [0.2, 0.25) is 0 Å². The summed E-state index contributed by atoms with van der Waals surface area (Å²) >= 11 is 0. The first-order valence-electron chi connectivity index (χ1n) is 7.49. The van der Waals surface area contributed by atoms with Gasteiger partial charge >= 0.3 is 0 Å². The van der Waals surface area contributed by atoms with Crippen LogP contribution in [0.25, 0.3) is 11.4 Å². The molecule has 0 bridgehead atoms. The van der Waals surface area contributed by atoms with Crippen LogP contribution in [-0.4, -0.2) is 34.2 Å². The molecule has 112 valence electrons. The van der Waals surface area contributed by atoms with Crippen molar-refractivity contribution in [1.29, 1.82) is 0 Å². The van der Waals surface area contributed by atoms with Gasteiger partial charge in [0.15, 0.2) is 0 Å². The molecule has 1 aliphatic heterocycles. The normalized spacial score (nSPS) is 23.4. The molecule has 0 spiro atoms. The average Bonchev–Trinajstić information content (AvgIpc) is 2.92. The lowest BCUT2D eigenvalue weighted by Crippen LogP contribution is -2.47. The van der Waals surface area contributed by atoms with Crippen molar-refractivity contribution >= 4 is 0 Å². The van der Waals surface area contributed by atoms with Crippen molar-refractivity contribution in [3.63, 3.8) is 0 Å². The molecule has 2 aromatic rings. The fourth-order valence-electron chi connectivity index (χ4n) is 2.64. The Bertz CT molecular complexity index is 593. The minimum atomic E-state index is 0.234. The lowest BCUT2D eigenvalue weighted by molar-refractivity contribution is 0.146. The Labute approximate surface area is 125 Å². The summed E-state index contributed by atoms with van der Waals surface area (Å²) in [7, 11) is 0. The minimum Gasteiger partial charge on any atom is -0.338 e. The summed E-state index contributed by atoms with van der Waals surface area (Å²) in [6.45, 7) is 6.88. The summed E-state index contributed by atoms with van der Waals surface area (Å²) in [4.78, 5) is 6.78. The van der Waals surface area contributed by atoms with Crippen LogP contribution in [0, 0.1) is 12.8 Å². The largest absolute Gasteiger partial charge is 0.338 e. The Hall–Kier alpha value is -1.72. The highest BCUT2D eigenvalue weighted by Crippen LogP contribution is 2.19. The van der Waals surface area contributed by atoms with E-state index in [1.54, 1.807) is 0 Å². The van der Waals surface area contributed by atoms with Crippen LogP contribution in [0.15, 0.2) is 28.8 Å². The van der Waals surface area contributed by atoms with E-state index in [0.29, 0.717) is 24.2 Å². The Morgan fingerprint density at radius 1 is 1.33 bits per heavy atom. The second kappa shape index (κ2) is 5.95. The molecule has 1 aliphatic rings. The molecule has 1 aromatic carbocycles. The van der Waals surface area contributed by atoms with E-state index < -0.39 is 0 Å². The van der Waals surface area contributed by atoms with Crippen molar-refractivity contribution in [3.05, 3.63) is 35.7 Å². The predicted octanol–water partition coefficient (Wildman–Crippen LogP) is 2.21. The third kappa shape index (κ3) is 3.31. The highest BCUT2D eigenvalue weighted by atomic mass is 16.5. The first kappa shape index (κ1) is 14.2. The van der Waals surface area contributed by atoms with Crippen molar-refractivity contribution in [2.24, 2.45) is 11.7 Å². The van der Waals surface area contributed by atoms with Crippen LogP contribution < -0.4 is 5.73 Å². The molecule has 2 N–H and O–H groups in total. The van der Waals surface area contributed by atoms with Gasteiger partial charge in [-0.05, 0) is 25.8 Å². The van der Waals surface area contributed by atoms with Gasteiger partial charge < -0.3 is 10.3 Å². The lowest BCUT2D eigenvalue weighted by atomic mass is 9.94. The van der Waals surface area contributed by atoms with Crippen molar-refractivity contribution < 1.29 is 4.52 Å². The van der Waals surface area contributed by atoms with Crippen LogP contribution in [0.3, 0.4) is 0 Å². The minimum absolute atomic E-state index is 0.234. The lowest BCUT2D eigenvalue weighted by Gasteiger charge is -2.34. The van der Waals surface area contributed by atoms with E-state index in [2.05, 4.69) is 41.0 Å². The highest BCUT2D eigenvalue weighted by Gasteiger charge is 2.24. The van der Waals surface area contributed by atoms with Crippen LogP contribution >= 0.6 is 0 Å². The topological polar surface area (TPSA) is 68.2 Å². The number of aryl methyl sites for hydroxylation is 1. The zero-order valence-corrected chi connectivity index (χ0v) is 12.6. The first-order valence-corrected chi connectivity index (χ1v) is 7.49. The zero-order valence-electron chi connectivity index (χ0n) is 12.6. The van der Waals surface area contributed by atoms with E-state index in [1.165, 1.54) is 5.56 Å². The summed E-state index contributed by atoms with van der Waals surface area (Å²) in [6, 6.07) is 8.37. The number of piperidine rings is 1. The van der Waals surface area contributed by atoms with Gasteiger partial charge in [0.25, 0.3) is 0 Å². The van der Waals surface area contributed by atoms with Crippen LogP contribution in [0.4, 0.5) is 0 Å². The third-order valence-electron chi connectivity index (χ3n) is 4.24. The monoisotopic (exact) mass is 286 g/mol. The molecule has 0 saturated carbocycles. The molecule has 5 heteroatoms. The summed E-state index contributed by atoms with van der Waals surface area (Å²) in [5.41, 5.74) is 8.33. The molecule has 1 saturated heterocycles. The summed E-state index contributed by atoms with van der Waals surface area (Å²) in [5, 5.41) is 4.07. The molecule has 2 heterocycles. The fraction of sp³-hybridized carbons (Fsp3) is 0.500. The maximum atomic E-state index is 6.12. The molecule has 2 unspecified atom stereocenters. The maximum absolute atomic E-state index is 6.12. The van der Waals surface area contributed by atoms with Gasteiger partial charge in [-0.3, -0.25) is 4.90 Å². The van der Waals surface area contributed by atoms with Crippen LogP contribution in [-0.2, 0) is 6.54 Å². The predicted molar refractivity (Wildman–Crippen MR) is 81.5 cm³/mol. The second-order valence-corrected chi connectivity index (χ2v) is 6.04. The van der Waals surface area contributed by atoms with E-state index >= 15 is 0 Å². The van der Waals surface area contributed by atoms with Crippen LogP contribution in [0.1, 0.15) is 24.8 Å². The fourth-order valence-corrected chi connectivity index (χ4v) is 2.64. The van der Waals surface area contributed by atoms with E-state index in [4.69, 9.17) is 10.3 Å². The Morgan fingerprint density at radius 2 is 2.10 bits per heavy atom. The molecule has 21 heavy (non-hydrogen) atoms. The number of hydrogen-bond acceptors (Lipinski definition) is 5. The van der Waals surface area contributed by atoms with Gasteiger partial charge in [-0.1, -0.05) is 41.9 Å². The molecule has 5 nitrogen and oxygen atoms in total. The number of rotatable bonds is 3. The van der Waals surface area contributed by atoms with E-state index in [1.807, 2.05) is 12.1 Å². The number of nitrogens with zero attached hydrogens (tertiary/aromatic N) is 3. The SMILES string of the molecule is Cc1ccc(-c2noc(CN3CCC(C)C(N)C3)n2)cc1. The van der Waals surface area contributed by atoms with Crippen molar-refractivity contribution in [3.8, 4) is 11.4 Å². The van der Waals surface area contributed by atoms with Crippen molar-refractivity contribution in [1.82, 2.24) is 15.0 Å². The molecular weight excluding hydrogens is 264 g/mol. The molecular formula is C16H22N4O. The summed E-state index contributed by atoms with van der Waals surface area (Å²) in [5.74, 6) is 1.90. The number of nitrogens with two attached hydrogens (primary N) is 1. The molecule has 0 amide bonds. The molecule has 1 fully saturated rings. The van der Waals surface area contributed by atoms with Gasteiger partial charge in [-0.25, -0.2) is 0 Å². The van der Waals surface area contributed by atoms with Gasteiger partial charge in [0.05, 0.1) is 6.54 Å². The van der Waals surface area contributed by atoms with Gasteiger partial charge in [-0.2, -0.15) is 4.98 Å². The van der Waals surface area contributed by atoms with Crippen LogP contribution in [0.5, 0.6) is 0 Å². The number of benzene rings is 1. The Morgan fingerprint density at radius 3 is 2.81 bits per heavy atom. The van der Waals surface area contributed by atoms with E-state index in [9.17, 15) is 0 Å². The maximum Gasteiger partial charge on any atom is 0.241 e. The Balaban J connectivity index is 1.66. The molecule has 1 aromatic heterocycles. The molecule has 2 atom stereocenters. The number of hydrogen-bond donors (Lipinski definition) is 1. The zero-order chi connectivity index (χ0) is 14.8. The van der Waals surface area contributed by atoms with Crippen molar-refractivity contribution in [2.45, 2.75) is 32.9 Å². The van der Waals surface area contributed by atoms with Gasteiger partial charge in [0, 0.05) is 18.2 Å². The van der Waals surface area contributed by atoms with Crippen molar-refractivity contribution in [2.75, 3.05) is 13.1 Å². The van der Waals surface area contributed by atoms with Gasteiger partial charge in [0.2, 0.25) is 11.7 Å². The second-order valence-electron chi connectivity index (χ2n) is 6.04. The van der Waals surface area contributed by atoms with E-state index in [-0.39, 0.29) is 6.04 Å².